The van der Waals surface area contributed by atoms with E-state index in [1.54, 1.807) is 0 Å². The number of nitrogens with two attached hydrogens (primary N) is 1. The van der Waals surface area contributed by atoms with Gasteiger partial charge in [0.1, 0.15) is 11.6 Å². The third-order valence-corrected chi connectivity index (χ3v) is 4.00. The fraction of sp³-hybridized carbons (Fsp3) is 0.267. The maximum atomic E-state index is 5.69. The third kappa shape index (κ3) is 2.74. The number of benzene rings is 1. The van der Waals surface area contributed by atoms with Crippen LogP contribution in [0.5, 0.6) is 0 Å². The Morgan fingerprint density at radius 2 is 2.14 bits per heavy atom. The number of nitrogens with one attached hydrogen (secondary N) is 1. The molecule has 0 spiro atoms. The van der Waals surface area contributed by atoms with Gasteiger partial charge in [-0.05, 0) is 47.1 Å². The van der Waals surface area contributed by atoms with Crippen LogP contribution in [0.4, 0.5) is 0 Å². The first-order valence-electron chi connectivity index (χ1n) is 6.88. The van der Waals surface area contributed by atoms with Crippen LogP contribution in [0, 0.1) is 0 Å². The van der Waals surface area contributed by atoms with E-state index in [1.165, 1.54) is 0 Å². The lowest BCUT2D eigenvalue weighted by molar-refractivity contribution is 0.398. The van der Waals surface area contributed by atoms with E-state index in [0.717, 1.165) is 29.2 Å². The van der Waals surface area contributed by atoms with Gasteiger partial charge in [0.2, 0.25) is 0 Å². The highest BCUT2D eigenvalue weighted by atomic mass is 79.9. The molecule has 1 atom stereocenters. The van der Waals surface area contributed by atoms with Crippen LogP contribution < -0.4 is 11.3 Å². The summed E-state index contributed by atoms with van der Waals surface area (Å²) in [6.07, 6.45) is 0.666. The van der Waals surface area contributed by atoms with E-state index in [0.29, 0.717) is 11.1 Å². The van der Waals surface area contributed by atoms with E-state index < -0.39 is 0 Å². The van der Waals surface area contributed by atoms with Crippen molar-refractivity contribution in [3.05, 3.63) is 52.7 Å². The maximum absolute atomic E-state index is 5.69. The van der Waals surface area contributed by atoms with E-state index in [2.05, 4.69) is 38.9 Å². The zero-order valence-electron chi connectivity index (χ0n) is 11.7. The summed E-state index contributed by atoms with van der Waals surface area (Å²) in [5, 5.41) is 0. The second-order valence-electron chi connectivity index (χ2n) is 4.83. The van der Waals surface area contributed by atoms with Gasteiger partial charge in [0.25, 0.3) is 0 Å². The topological polar surface area (TPSA) is 69.0 Å². The number of imidazole rings is 1. The molecule has 0 aliphatic heterocycles. The summed E-state index contributed by atoms with van der Waals surface area (Å²) in [5.74, 6) is 7.47. The minimum atomic E-state index is -0.113. The van der Waals surface area contributed by atoms with Crippen LogP contribution in [0.1, 0.15) is 24.6 Å². The molecule has 0 saturated carbocycles. The number of rotatable bonds is 5. The Bertz CT molecular complexity index is 749. The molecule has 3 rings (SSSR count). The van der Waals surface area contributed by atoms with Crippen LogP contribution in [0.25, 0.3) is 11.0 Å². The highest BCUT2D eigenvalue weighted by Crippen LogP contribution is 2.24. The first-order valence-corrected chi connectivity index (χ1v) is 7.67. The van der Waals surface area contributed by atoms with Gasteiger partial charge in [0.15, 0.2) is 4.67 Å². The summed E-state index contributed by atoms with van der Waals surface area (Å²) in [5.41, 5.74) is 4.96. The molecule has 5 nitrogen and oxygen atoms in total. The van der Waals surface area contributed by atoms with Gasteiger partial charge in [-0.15, -0.1) is 0 Å². The van der Waals surface area contributed by atoms with Gasteiger partial charge in [-0.2, -0.15) is 0 Å². The summed E-state index contributed by atoms with van der Waals surface area (Å²) >= 11 is 3.32. The lowest BCUT2D eigenvalue weighted by atomic mass is 10.1. The molecule has 0 saturated heterocycles. The number of furan rings is 1. The van der Waals surface area contributed by atoms with Crippen LogP contribution >= 0.6 is 15.9 Å². The highest BCUT2D eigenvalue weighted by molar-refractivity contribution is 9.10. The quantitative estimate of drug-likeness (QED) is 0.548. The van der Waals surface area contributed by atoms with Crippen molar-refractivity contribution in [3.63, 3.8) is 0 Å². The first kappa shape index (κ1) is 14.3. The van der Waals surface area contributed by atoms with Gasteiger partial charge in [-0.3, -0.25) is 5.84 Å². The fourth-order valence-corrected chi connectivity index (χ4v) is 2.89. The number of hydrogen-bond donors (Lipinski definition) is 2. The SMILES string of the molecule is CCn1c(CC(NN)c2ccc(Br)o2)nc2ccccc21. The van der Waals surface area contributed by atoms with Gasteiger partial charge in [0.05, 0.1) is 17.1 Å². The van der Waals surface area contributed by atoms with Crippen LogP contribution in [-0.2, 0) is 13.0 Å². The van der Waals surface area contributed by atoms with E-state index in [-0.39, 0.29) is 6.04 Å². The average molecular weight is 349 g/mol. The monoisotopic (exact) mass is 348 g/mol. The van der Waals surface area contributed by atoms with E-state index in [1.807, 2.05) is 30.3 Å². The predicted molar refractivity (Wildman–Crippen MR) is 85.6 cm³/mol. The van der Waals surface area contributed by atoms with Crippen molar-refractivity contribution in [1.82, 2.24) is 15.0 Å². The summed E-state index contributed by atoms with van der Waals surface area (Å²) in [6, 6.07) is 11.8. The molecule has 0 aliphatic rings. The van der Waals surface area contributed by atoms with Crippen LogP contribution in [0.15, 0.2) is 45.5 Å². The Kier molecular flexibility index (Phi) is 4.10. The smallest absolute Gasteiger partial charge is 0.169 e. The standard InChI is InChI=1S/C15H17BrN4O/c1-2-20-12-6-4-3-5-10(12)18-15(20)9-11(19-17)13-7-8-14(16)21-13/h3-8,11,19H,2,9,17H2,1H3. The Morgan fingerprint density at radius 1 is 1.33 bits per heavy atom. The maximum Gasteiger partial charge on any atom is 0.169 e. The fourth-order valence-electron chi connectivity index (χ4n) is 2.57. The Morgan fingerprint density at radius 3 is 2.81 bits per heavy atom. The zero-order chi connectivity index (χ0) is 14.8. The molecule has 0 aliphatic carbocycles. The van der Waals surface area contributed by atoms with Gasteiger partial charge >= 0.3 is 0 Å². The van der Waals surface area contributed by atoms with Crippen molar-refractivity contribution in [2.75, 3.05) is 0 Å². The number of nitrogens with zero attached hydrogens (tertiary/aromatic N) is 2. The van der Waals surface area contributed by atoms with E-state index >= 15 is 0 Å². The number of halogens is 1. The van der Waals surface area contributed by atoms with Crippen molar-refractivity contribution in [1.29, 1.82) is 0 Å². The second kappa shape index (κ2) is 6.01. The lowest BCUT2D eigenvalue weighted by Crippen LogP contribution is -2.30. The van der Waals surface area contributed by atoms with Crippen LogP contribution in [-0.4, -0.2) is 9.55 Å². The largest absolute Gasteiger partial charge is 0.453 e. The molecule has 1 aromatic carbocycles. The summed E-state index contributed by atoms with van der Waals surface area (Å²) in [4.78, 5) is 4.72. The lowest BCUT2D eigenvalue weighted by Gasteiger charge is -2.14. The molecule has 3 aromatic rings. The molecule has 6 heteroatoms. The minimum Gasteiger partial charge on any atom is -0.453 e. The van der Waals surface area contributed by atoms with Crippen molar-refractivity contribution in [2.45, 2.75) is 25.9 Å². The van der Waals surface area contributed by atoms with Crippen molar-refractivity contribution in [2.24, 2.45) is 5.84 Å². The number of hydrazine groups is 1. The van der Waals surface area contributed by atoms with Gasteiger partial charge in [-0.25, -0.2) is 10.4 Å². The summed E-state index contributed by atoms with van der Waals surface area (Å²) < 4.78 is 8.50. The number of aromatic nitrogens is 2. The summed E-state index contributed by atoms with van der Waals surface area (Å²) in [6.45, 7) is 2.99. The summed E-state index contributed by atoms with van der Waals surface area (Å²) in [7, 11) is 0. The van der Waals surface area contributed by atoms with Crippen molar-refractivity contribution in [3.8, 4) is 0 Å². The molecular weight excluding hydrogens is 332 g/mol. The minimum absolute atomic E-state index is 0.113. The molecule has 110 valence electrons. The van der Waals surface area contributed by atoms with Crippen molar-refractivity contribution >= 4 is 27.0 Å². The van der Waals surface area contributed by atoms with Gasteiger partial charge in [-0.1, -0.05) is 12.1 Å². The zero-order valence-corrected chi connectivity index (χ0v) is 13.3. The van der Waals surface area contributed by atoms with Crippen LogP contribution in [0.2, 0.25) is 0 Å². The van der Waals surface area contributed by atoms with Gasteiger partial charge < -0.3 is 8.98 Å². The molecule has 2 aromatic heterocycles. The highest BCUT2D eigenvalue weighted by Gasteiger charge is 2.19. The van der Waals surface area contributed by atoms with Crippen molar-refractivity contribution < 1.29 is 4.42 Å². The molecule has 21 heavy (non-hydrogen) atoms. The third-order valence-electron chi connectivity index (χ3n) is 3.58. The number of aryl methyl sites for hydroxylation is 1. The Balaban J connectivity index is 1.96. The molecule has 0 bridgehead atoms. The molecule has 3 N–H and O–H groups in total. The normalized spacial score (nSPS) is 12.9. The first-order chi connectivity index (χ1) is 10.2. The number of para-hydroxylation sites is 2. The second-order valence-corrected chi connectivity index (χ2v) is 5.61. The molecule has 0 radical (unpaired) electrons. The van der Waals surface area contributed by atoms with Gasteiger partial charge in [0, 0.05) is 13.0 Å². The molecular formula is C15H17BrN4O. The molecule has 2 heterocycles. The van der Waals surface area contributed by atoms with Crippen LogP contribution in [0.3, 0.4) is 0 Å². The Hall–Kier alpha value is -1.63. The average Bonchev–Trinajstić information content (AvgIpc) is 3.07. The molecule has 0 amide bonds. The molecule has 1 unspecified atom stereocenters. The predicted octanol–water partition coefficient (Wildman–Crippen LogP) is 3.16. The number of fused-ring (bicyclic) bond motifs is 1. The Labute approximate surface area is 131 Å². The number of hydrogen-bond acceptors (Lipinski definition) is 4. The van der Waals surface area contributed by atoms with E-state index in [4.69, 9.17) is 15.2 Å². The van der Waals surface area contributed by atoms with E-state index in [9.17, 15) is 0 Å². The molecule has 0 fully saturated rings.